The van der Waals surface area contributed by atoms with Crippen molar-refractivity contribution in [2.45, 2.75) is 19.3 Å². The van der Waals surface area contributed by atoms with Gasteiger partial charge in [0, 0.05) is 11.7 Å². The zero-order chi connectivity index (χ0) is 14.7. The van der Waals surface area contributed by atoms with Gasteiger partial charge in [0.05, 0.1) is 5.75 Å². The molecule has 1 atom stereocenters. The number of ether oxygens (including phenoxy) is 1. The molecule has 1 unspecified atom stereocenters. The molecule has 1 rings (SSSR count). The van der Waals surface area contributed by atoms with E-state index in [4.69, 9.17) is 5.14 Å². The van der Waals surface area contributed by atoms with Crippen LogP contribution < -0.4 is 15.2 Å². The molecule has 0 amide bonds. The van der Waals surface area contributed by atoms with Crippen molar-refractivity contribution < 1.29 is 26.3 Å². The van der Waals surface area contributed by atoms with Gasteiger partial charge in [-0.05, 0) is 31.2 Å². The van der Waals surface area contributed by atoms with Gasteiger partial charge in [0.2, 0.25) is 10.0 Å². The molecule has 1 aromatic carbocycles. The first-order valence-corrected chi connectivity index (χ1v) is 6.89. The van der Waals surface area contributed by atoms with Crippen molar-refractivity contribution in [2.75, 3.05) is 11.1 Å². The molecule has 3 N–H and O–H groups in total. The zero-order valence-corrected chi connectivity index (χ0v) is 10.8. The second-order valence-corrected chi connectivity index (χ2v) is 5.61. The summed E-state index contributed by atoms with van der Waals surface area (Å²) in [6.07, 6.45) is -4.74. The fraction of sp³-hybridized carbons (Fsp3) is 0.400. The first-order valence-electron chi connectivity index (χ1n) is 5.18. The Kier molecular flexibility index (Phi) is 4.64. The van der Waals surface area contributed by atoms with E-state index >= 15 is 0 Å². The Bertz CT molecular complexity index is 514. The first-order chi connectivity index (χ1) is 8.55. The summed E-state index contributed by atoms with van der Waals surface area (Å²) < 4.78 is 61.1. The molecule has 1 aromatic rings. The number of rotatable bonds is 5. The van der Waals surface area contributed by atoms with Crippen LogP contribution in [0.25, 0.3) is 0 Å². The predicted octanol–water partition coefficient (Wildman–Crippen LogP) is 1.67. The SMILES string of the molecule is CC(CS(N)(=O)=O)Nc1ccc(OC(F)(F)F)cc1. The summed E-state index contributed by atoms with van der Waals surface area (Å²) in [6.45, 7) is 1.59. The number of sulfonamides is 1. The standard InChI is InChI=1S/C10H13F3N2O3S/c1-7(6-19(14,16)17)15-8-2-4-9(5-3-8)18-10(11,12)13/h2-5,7,15H,6H2,1H3,(H2,14,16,17). The fourth-order valence-corrected chi connectivity index (χ4v) is 2.21. The Morgan fingerprint density at radius 3 is 2.26 bits per heavy atom. The minimum absolute atomic E-state index is 0.284. The maximum Gasteiger partial charge on any atom is 0.573 e. The molecule has 5 nitrogen and oxygen atoms in total. The highest BCUT2D eigenvalue weighted by Crippen LogP contribution is 2.24. The van der Waals surface area contributed by atoms with Crippen LogP contribution in [-0.4, -0.2) is 26.6 Å². The lowest BCUT2D eigenvalue weighted by atomic mass is 10.2. The third-order valence-electron chi connectivity index (χ3n) is 1.98. The van der Waals surface area contributed by atoms with Gasteiger partial charge in [-0.15, -0.1) is 13.2 Å². The normalized spacial score (nSPS) is 13.9. The van der Waals surface area contributed by atoms with Crippen LogP contribution in [-0.2, 0) is 10.0 Å². The minimum Gasteiger partial charge on any atom is -0.406 e. The molecule has 108 valence electrons. The second kappa shape index (κ2) is 5.66. The number of alkyl halides is 3. The number of nitrogens with one attached hydrogen (secondary N) is 1. The molecular weight excluding hydrogens is 285 g/mol. The fourth-order valence-electron chi connectivity index (χ4n) is 1.43. The van der Waals surface area contributed by atoms with Crippen molar-refractivity contribution in [3.05, 3.63) is 24.3 Å². The van der Waals surface area contributed by atoms with E-state index in [2.05, 4.69) is 10.1 Å². The molecule has 0 bridgehead atoms. The predicted molar refractivity (Wildman–Crippen MR) is 64.2 cm³/mol. The molecule has 0 aliphatic heterocycles. The van der Waals surface area contributed by atoms with Crippen molar-refractivity contribution in [2.24, 2.45) is 5.14 Å². The highest BCUT2D eigenvalue weighted by Gasteiger charge is 2.30. The van der Waals surface area contributed by atoms with Crippen LogP contribution in [0.15, 0.2) is 24.3 Å². The van der Waals surface area contributed by atoms with Gasteiger partial charge in [0.1, 0.15) is 5.75 Å². The van der Waals surface area contributed by atoms with Crippen molar-refractivity contribution in [3.8, 4) is 5.75 Å². The molecule has 0 spiro atoms. The van der Waals surface area contributed by atoms with Gasteiger partial charge in [-0.1, -0.05) is 0 Å². The van der Waals surface area contributed by atoms with Gasteiger partial charge in [-0.3, -0.25) is 0 Å². The van der Waals surface area contributed by atoms with Crippen LogP contribution in [0.1, 0.15) is 6.92 Å². The maximum absolute atomic E-state index is 11.9. The summed E-state index contributed by atoms with van der Waals surface area (Å²) in [5, 5.41) is 7.66. The van der Waals surface area contributed by atoms with Crippen LogP contribution in [0, 0.1) is 0 Å². The Morgan fingerprint density at radius 1 is 1.32 bits per heavy atom. The van der Waals surface area contributed by atoms with Crippen molar-refractivity contribution in [1.29, 1.82) is 0 Å². The lowest BCUT2D eigenvalue weighted by molar-refractivity contribution is -0.274. The lowest BCUT2D eigenvalue weighted by Gasteiger charge is -2.14. The number of nitrogens with two attached hydrogens (primary N) is 1. The van der Waals surface area contributed by atoms with Gasteiger partial charge in [0.15, 0.2) is 0 Å². The van der Waals surface area contributed by atoms with E-state index in [1.165, 1.54) is 12.1 Å². The Balaban J connectivity index is 2.62. The number of primary sulfonamides is 1. The molecule has 0 aliphatic rings. The zero-order valence-electron chi connectivity index (χ0n) is 9.94. The average Bonchev–Trinajstić information content (AvgIpc) is 2.15. The number of benzene rings is 1. The van der Waals surface area contributed by atoms with Gasteiger partial charge in [-0.25, -0.2) is 13.6 Å². The molecule has 0 aliphatic carbocycles. The second-order valence-electron chi connectivity index (χ2n) is 3.95. The summed E-state index contributed by atoms with van der Waals surface area (Å²) in [7, 11) is -3.61. The molecule has 0 saturated carbocycles. The van der Waals surface area contributed by atoms with E-state index in [0.717, 1.165) is 12.1 Å². The van der Waals surface area contributed by atoms with Crippen LogP contribution in [0.5, 0.6) is 5.75 Å². The summed E-state index contributed by atoms with van der Waals surface area (Å²) in [4.78, 5) is 0. The third kappa shape index (κ3) is 6.87. The monoisotopic (exact) mass is 298 g/mol. The Morgan fingerprint density at radius 2 is 1.84 bits per heavy atom. The summed E-state index contributed by atoms with van der Waals surface area (Å²) in [5.41, 5.74) is 0.464. The molecule has 0 aromatic heterocycles. The quantitative estimate of drug-likeness (QED) is 0.866. The summed E-state index contributed by atoms with van der Waals surface area (Å²) in [5.74, 6) is -0.634. The smallest absolute Gasteiger partial charge is 0.406 e. The molecule has 0 saturated heterocycles. The molecule has 9 heteroatoms. The Labute approximate surface area is 108 Å². The van der Waals surface area contributed by atoms with Crippen LogP contribution in [0.4, 0.5) is 18.9 Å². The van der Waals surface area contributed by atoms with Crippen molar-refractivity contribution in [3.63, 3.8) is 0 Å². The topological polar surface area (TPSA) is 81.4 Å². The molecule has 19 heavy (non-hydrogen) atoms. The minimum atomic E-state index is -4.74. The molecule has 0 fully saturated rings. The number of halogens is 3. The van der Waals surface area contributed by atoms with Gasteiger partial charge < -0.3 is 10.1 Å². The Hall–Kier alpha value is -1.48. The van der Waals surface area contributed by atoms with Crippen LogP contribution >= 0.6 is 0 Å². The molecular formula is C10H13F3N2O3S. The summed E-state index contributed by atoms with van der Waals surface area (Å²) >= 11 is 0. The number of hydrogen-bond donors (Lipinski definition) is 2. The highest BCUT2D eigenvalue weighted by molar-refractivity contribution is 7.89. The van der Waals surface area contributed by atoms with Crippen molar-refractivity contribution >= 4 is 15.7 Å². The van der Waals surface area contributed by atoms with Gasteiger partial charge in [0.25, 0.3) is 0 Å². The number of hydrogen-bond acceptors (Lipinski definition) is 4. The molecule has 0 heterocycles. The van der Waals surface area contributed by atoms with Crippen LogP contribution in [0.3, 0.4) is 0 Å². The first kappa shape index (κ1) is 15.6. The number of anilines is 1. The highest BCUT2D eigenvalue weighted by atomic mass is 32.2. The van der Waals surface area contributed by atoms with E-state index in [-0.39, 0.29) is 11.5 Å². The van der Waals surface area contributed by atoms with Crippen LogP contribution in [0.2, 0.25) is 0 Å². The lowest BCUT2D eigenvalue weighted by Crippen LogP contribution is -2.29. The average molecular weight is 298 g/mol. The van der Waals surface area contributed by atoms with E-state index < -0.39 is 22.4 Å². The maximum atomic E-state index is 11.9. The molecule has 0 radical (unpaired) electrons. The van der Waals surface area contributed by atoms with Crippen molar-refractivity contribution in [1.82, 2.24) is 0 Å². The van der Waals surface area contributed by atoms with E-state index in [0.29, 0.717) is 5.69 Å². The van der Waals surface area contributed by atoms with Gasteiger partial charge in [-0.2, -0.15) is 0 Å². The largest absolute Gasteiger partial charge is 0.573 e. The van der Waals surface area contributed by atoms with E-state index in [1.54, 1.807) is 6.92 Å². The van der Waals surface area contributed by atoms with E-state index in [1.807, 2.05) is 0 Å². The van der Waals surface area contributed by atoms with E-state index in [9.17, 15) is 21.6 Å². The summed E-state index contributed by atoms with van der Waals surface area (Å²) in [6, 6.07) is 4.48. The van der Waals surface area contributed by atoms with Gasteiger partial charge >= 0.3 is 6.36 Å². The third-order valence-corrected chi connectivity index (χ3v) is 2.95.